The molecule has 4 heterocycles. The quantitative estimate of drug-likeness (QED) is 0.527. The van der Waals surface area contributed by atoms with Gasteiger partial charge in [0.25, 0.3) is 5.91 Å². The number of carbonyl (C=O) groups excluding carboxylic acids is 4. The molecular formula is C29H43N7O4. The summed E-state index contributed by atoms with van der Waals surface area (Å²) in [6.45, 7) is 11.1. The zero-order valence-corrected chi connectivity index (χ0v) is 24.0. The number of Topliss-reactive ketones (excluding diaryl/α,β-unsaturated/α-hetero) is 1. The predicted octanol–water partition coefficient (Wildman–Crippen LogP) is 0.462. The summed E-state index contributed by atoms with van der Waals surface area (Å²) in [5.74, 6) is -0.479. The first kappa shape index (κ1) is 28.4. The van der Waals surface area contributed by atoms with Crippen LogP contribution in [0.15, 0.2) is 24.3 Å². The Labute approximate surface area is 236 Å². The third kappa shape index (κ3) is 5.95. The number of amides is 4. The molecule has 11 heteroatoms. The number of nitrogens with zero attached hydrogens (tertiary/aromatic N) is 5. The first-order chi connectivity index (χ1) is 19.2. The summed E-state index contributed by atoms with van der Waals surface area (Å²) >= 11 is 0. The van der Waals surface area contributed by atoms with E-state index < -0.39 is 12.1 Å². The topological polar surface area (TPSA) is 109 Å². The molecule has 4 fully saturated rings. The summed E-state index contributed by atoms with van der Waals surface area (Å²) in [4.78, 5) is 63.1. The van der Waals surface area contributed by atoms with Gasteiger partial charge in [-0.05, 0) is 50.1 Å². The minimum Gasteiger partial charge on any atom is -0.369 e. The number of ketones is 1. The number of rotatable bonds is 6. The van der Waals surface area contributed by atoms with Crippen molar-refractivity contribution in [2.45, 2.75) is 44.8 Å². The normalized spacial score (nSPS) is 24.4. The largest absolute Gasteiger partial charge is 0.369 e. The van der Waals surface area contributed by atoms with E-state index in [0.29, 0.717) is 38.0 Å². The lowest BCUT2D eigenvalue weighted by atomic mass is 10.0. The van der Waals surface area contributed by atoms with Gasteiger partial charge in [0.05, 0.1) is 12.6 Å². The van der Waals surface area contributed by atoms with Gasteiger partial charge in [0.2, 0.25) is 5.91 Å². The highest BCUT2D eigenvalue weighted by atomic mass is 16.2. The van der Waals surface area contributed by atoms with Crippen molar-refractivity contribution in [2.24, 2.45) is 5.92 Å². The van der Waals surface area contributed by atoms with E-state index >= 15 is 0 Å². The molecule has 0 saturated carbocycles. The number of hydrogen-bond acceptors (Lipinski definition) is 7. The van der Waals surface area contributed by atoms with Crippen LogP contribution in [0.2, 0.25) is 0 Å². The highest BCUT2D eigenvalue weighted by Crippen LogP contribution is 2.31. The molecule has 3 atom stereocenters. The minimum atomic E-state index is -0.741. The lowest BCUT2D eigenvalue weighted by Gasteiger charge is -2.34. The summed E-state index contributed by atoms with van der Waals surface area (Å²) in [6, 6.07) is 5.73. The Bertz CT molecular complexity index is 1100. The van der Waals surface area contributed by atoms with Crippen LogP contribution in [-0.4, -0.2) is 134 Å². The van der Waals surface area contributed by atoms with Gasteiger partial charge < -0.3 is 35.1 Å². The molecule has 5 rings (SSSR count). The third-order valence-corrected chi connectivity index (χ3v) is 8.65. The van der Waals surface area contributed by atoms with Gasteiger partial charge in [-0.1, -0.05) is 13.8 Å². The molecular weight excluding hydrogens is 510 g/mol. The smallest absolute Gasteiger partial charge is 0.320 e. The van der Waals surface area contributed by atoms with Gasteiger partial charge in [-0.25, -0.2) is 4.79 Å². The molecule has 1 aromatic rings. The maximum absolute atomic E-state index is 13.8. The minimum absolute atomic E-state index is 0.0305. The van der Waals surface area contributed by atoms with E-state index in [1.165, 1.54) is 0 Å². The summed E-state index contributed by atoms with van der Waals surface area (Å²) in [5, 5.41) is 6.21. The van der Waals surface area contributed by atoms with Crippen molar-refractivity contribution in [1.82, 2.24) is 30.2 Å². The van der Waals surface area contributed by atoms with Gasteiger partial charge in [0.15, 0.2) is 5.78 Å². The Morgan fingerprint density at radius 3 is 2.27 bits per heavy atom. The molecule has 40 heavy (non-hydrogen) atoms. The monoisotopic (exact) mass is 553 g/mol. The number of urea groups is 1. The molecule has 218 valence electrons. The zero-order chi connectivity index (χ0) is 28.4. The highest BCUT2D eigenvalue weighted by molar-refractivity contribution is 6.00. The number of anilines is 1. The van der Waals surface area contributed by atoms with E-state index in [1.54, 1.807) is 14.7 Å². The van der Waals surface area contributed by atoms with Crippen LogP contribution in [0.5, 0.6) is 0 Å². The summed E-state index contributed by atoms with van der Waals surface area (Å²) < 4.78 is 0. The fourth-order valence-electron chi connectivity index (χ4n) is 6.39. The first-order valence-electron chi connectivity index (χ1n) is 14.7. The van der Waals surface area contributed by atoms with Crippen molar-refractivity contribution >= 4 is 29.3 Å². The number of hydrogen-bond donors (Lipinski definition) is 2. The molecule has 0 aromatic heterocycles. The van der Waals surface area contributed by atoms with Gasteiger partial charge in [0, 0.05) is 70.2 Å². The summed E-state index contributed by atoms with van der Waals surface area (Å²) in [7, 11) is 2.12. The molecule has 0 radical (unpaired) electrons. The Kier molecular flexibility index (Phi) is 8.60. The average molecular weight is 554 g/mol. The Morgan fingerprint density at radius 2 is 1.62 bits per heavy atom. The summed E-state index contributed by atoms with van der Waals surface area (Å²) in [6.07, 6.45) is 1.03. The van der Waals surface area contributed by atoms with Gasteiger partial charge >= 0.3 is 6.03 Å². The fraction of sp³-hybridized carbons (Fsp3) is 0.655. The summed E-state index contributed by atoms with van der Waals surface area (Å²) in [5.41, 5.74) is 1.59. The number of benzene rings is 1. The van der Waals surface area contributed by atoms with Crippen LogP contribution >= 0.6 is 0 Å². The number of likely N-dealkylation sites (N-methyl/N-ethyl adjacent to an activating group) is 1. The van der Waals surface area contributed by atoms with Crippen molar-refractivity contribution in [2.75, 3.05) is 77.4 Å². The molecule has 4 amide bonds. The van der Waals surface area contributed by atoms with Gasteiger partial charge in [-0.3, -0.25) is 14.4 Å². The fourth-order valence-corrected chi connectivity index (χ4v) is 6.39. The number of carbonyl (C=O) groups is 4. The molecule has 4 aliphatic rings. The van der Waals surface area contributed by atoms with Gasteiger partial charge in [-0.2, -0.15) is 0 Å². The molecule has 1 aromatic carbocycles. The van der Waals surface area contributed by atoms with Crippen molar-refractivity contribution in [3.05, 3.63) is 29.8 Å². The van der Waals surface area contributed by atoms with Crippen LogP contribution in [0, 0.1) is 5.92 Å². The van der Waals surface area contributed by atoms with Crippen molar-refractivity contribution in [3.8, 4) is 0 Å². The molecule has 2 N–H and O–H groups in total. The molecule has 4 aliphatic heterocycles. The second-order valence-corrected chi connectivity index (χ2v) is 11.9. The standard InChI is InChI=1S/C29H43N7O4/c1-20(2)18-23(31-27(38)21-4-6-22(7-5-21)33-16-14-32(3)15-17-33)28(39)35-11-8-24-26(35)25(37)19-36(24)29(40)34-12-9-30-10-13-34/h4-7,20,23-24,26,30H,8-19H2,1-3H3,(H,31,38). The lowest BCUT2D eigenvalue weighted by Crippen LogP contribution is -2.54. The van der Waals surface area contributed by atoms with E-state index in [-0.39, 0.29) is 42.1 Å². The maximum Gasteiger partial charge on any atom is 0.320 e. The Morgan fingerprint density at radius 1 is 0.950 bits per heavy atom. The molecule has 4 saturated heterocycles. The van der Waals surface area contributed by atoms with E-state index in [9.17, 15) is 19.2 Å². The SMILES string of the molecule is CC(C)CC(NC(=O)c1ccc(N2CCN(C)CC2)cc1)C(=O)N1CCC2C1C(=O)CN2C(=O)N1CCNCC1. The van der Waals surface area contributed by atoms with Crippen LogP contribution < -0.4 is 15.5 Å². The van der Waals surface area contributed by atoms with Crippen molar-refractivity contribution in [1.29, 1.82) is 0 Å². The maximum atomic E-state index is 13.8. The van der Waals surface area contributed by atoms with Crippen LogP contribution in [0.3, 0.4) is 0 Å². The molecule has 3 unspecified atom stereocenters. The van der Waals surface area contributed by atoms with Crippen LogP contribution in [0.25, 0.3) is 0 Å². The average Bonchev–Trinajstić information content (AvgIpc) is 3.54. The lowest BCUT2D eigenvalue weighted by molar-refractivity contribution is -0.138. The van der Waals surface area contributed by atoms with Crippen LogP contribution in [-0.2, 0) is 9.59 Å². The second-order valence-electron chi connectivity index (χ2n) is 11.9. The number of fused-ring (bicyclic) bond motifs is 1. The number of nitrogens with one attached hydrogen (secondary N) is 2. The van der Waals surface area contributed by atoms with Crippen molar-refractivity contribution < 1.29 is 19.2 Å². The van der Waals surface area contributed by atoms with E-state index in [2.05, 4.69) is 27.5 Å². The predicted molar refractivity (Wildman–Crippen MR) is 152 cm³/mol. The van der Waals surface area contributed by atoms with E-state index in [4.69, 9.17) is 0 Å². The Hall–Kier alpha value is -3.18. The molecule has 0 bridgehead atoms. The third-order valence-electron chi connectivity index (χ3n) is 8.65. The second kappa shape index (κ2) is 12.1. The molecule has 0 spiro atoms. The van der Waals surface area contributed by atoms with Crippen molar-refractivity contribution in [3.63, 3.8) is 0 Å². The van der Waals surface area contributed by atoms with E-state index in [1.807, 2.05) is 38.1 Å². The Balaban J connectivity index is 1.25. The molecule has 0 aliphatic carbocycles. The highest BCUT2D eigenvalue weighted by Gasteiger charge is 2.53. The zero-order valence-electron chi connectivity index (χ0n) is 24.0. The van der Waals surface area contributed by atoms with Gasteiger partial charge in [-0.15, -0.1) is 0 Å². The van der Waals surface area contributed by atoms with Crippen LogP contribution in [0.1, 0.15) is 37.0 Å². The molecule has 11 nitrogen and oxygen atoms in total. The van der Waals surface area contributed by atoms with E-state index in [0.717, 1.165) is 45.0 Å². The first-order valence-corrected chi connectivity index (χ1v) is 14.7. The van der Waals surface area contributed by atoms with Crippen LogP contribution in [0.4, 0.5) is 10.5 Å². The van der Waals surface area contributed by atoms with Gasteiger partial charge in [0.1, 0.15) is 12.1 Å². The number of likely N-dealkylation sites (tertiary alicyclic amines) is 2. The number of piperazine rings is 2.